The molecule has 2 heterocycles. The van der Waals surface area contributed by atoms with E-state index in [-0.39, 0.29) is 46.2 Å². The molecule has 4 saturated carbocycles. The third kappa shape index (κ3) is 6.26. The fourth-order valence-electron chi connectivity index (χ4n) is 13.8. The van der Waals surface area contributed by atoms with Crippen LogP contribution < -0.4 is 0 Å². The Hall–Kier alpha value is -1.68. The summed E-state index contributed by atoms with van der Waals surface area (Å²) in [6.45, 7) is 16.9. The molecule has 0 spiro atoms. The molecule has 0 aromatic carbocycles. The minimum absolute atomic E-state index is 0.0111. The van der Waals surface area contributed by atoms with Gasteiger partial charge in [0.25, 0.3) is 0 Å². The van der Waals surface area contributed by atoms with E-state index in [0.29, 0.717) is 30.6 Å². The van der Waals surface area contributed by atoms with Crippen LogP contribution in [0, 0.1) is 56.7 Å². The van der Waals surface area contributed by atoms with Crippen LogP contribution in [0.5, 0.6) is 0 Å². The molecule has 13 nitrogen and oxygen atoms in total. The van der Waals surface area contributed by atoms with Crippen LogP contribution in [-0.4, -0.2) is 117 Å². The number of carbonyl (C=O) groups is 2. The molecule has 318 valence electrons. The van der Waals surface area contributed by atoms with Crippen molar-refractivity contribution in [3.05, 3.63) is 11.6 Å². The number of allylic oxidation sites excluding steroid dienone is 2. The van der Waals surface area contributed by atoms with Crippen LogP contribution in [0.15, 0.2) is 11.6 Å². The maximum Gasteiger partial charge on any atom is 0.315 e. The van der Waals surface area contributed by atoms with Gasteiger partial charge >= 0.3 is 11.9 Å². The lowest BCUT2D eigenvalue weighted by Gasteiger charge is -2.71. The van der Waals surface area contributed by atoms with Crippen molar-refractivity contribution in [1.82, 2.24) is 0 Å². The Morgan fingerprint density at radius 2 is 1.54 bits per heavy atom. The van der Waals surface area contributed by atoms with Gasteiger partial charge in [-0.2, -0.15) is 0 Å². The lowest BCUT2D eigenvalue weighted by molar-refractivity contribution is -0.308. The summed E-state index contributed by atoms with van der Waals surface area (Å²) < 4.78 is 29.3. The van der Waals surface area contributed by atoms with Crippen LogP contribution in [-0.2, 0) is 33.3 Å². The highest BCUT2D eigenvalue weighted by Crippen LogP contribution is 2.76. The molecule has 2 aliphatic heterocycles. The molecule has 56 heavy (non-hydrogen) atoms. The van der Waals surface area contributed by atoms with Crippen molar-refractivity contribution < 1.29 is 63.9 Å². The summed E-state index contributed by atoms with van der Waals surface area (Å²) in [6, 6.07) is 0. The second-order valence-electron chi connectivity index (χ2n) is 20.2. The monoisotopic (exact) mass is 792 g/mol. The van der Waals surface area contributed by atoms with Crippen molar-refractivity contribution >= 4 is 11.9 Å². The number of aliphatic hydroxyl groups is 6. The molecule has 7 rings (SSSR count). The maximum absolute atomic E-state index is 14.8. The zero-order valence-corrected chi connectivity index (χ0v) is 34.6. The lowest BCUT2D eigenvalue weighted by Crippen LogP contribution is -2.66. The second kappa shape index (κ2) is 14.8. The fraction of sp³-hybridized carbons (Fsp3) is 0.907. The second-order valence-corrected chi connectivity index (χ2v) is 20.2. The van der Waals surface area contributed by atoms with E-state index in [1.165, 1.54) is 5.57 Å². The molecule has 6 N–H and O–H groups in total. The van der Waals surface area contributed by atoms with E-state index < -0.39 is 79.3 Å². The fourth-order valence-corrected chi connectivity index (χ4v) is 13.8. The van der Waals surface area contributed by atoms with Crippen LogP contribution in [0.1, 0.15) is 113 Å². The Morgan fingerprint density at radius 3 is 2.21 bits per heavy atom. The molecule has 0 bridgehead atoms. The minimum atomic E-state index is -1.64. The zero-order chi connectivity index (χ0) is 40.9. The summed E-state index contributed by atoms with van der Waals surface area (Å²) >= 11 is 0. The van der Waals surface area contributed by atoms with Gasteiger partial charge in [0.2, 0.25) is 6.29 Å². The predicted molar refractivity (Wildman–Crippen MR) is 201 cm³/mol. The van der Waals surface area contributed by atoms with Crippen LogP contribution in [0.4, 0.5) is 0 Å². The average molecular weight is 793 g/mol. The topological polar surface area (TPSA) is 202 Å². The van der Waals surface area contributed by atoms with Crippen molar-refractivity contribution in [2.24, 2.45) is 56.7 Å². The Morgan fingerprint density at radius 1 is 0.821 bits per heavy atom. The van der Waals surface area contributed by atoms with Gasteiger partial charge in [-0.15, -0.1) is 0 Å². The Labute approximate surface area is 331 Å². The van der Waals surface area contributed by atoms with Gasteiger partial charge in [-0.3, -0.25) is 9.59 Å². The molecule has 13 heteroatoms. The molecule has 0 amide bonds. The molecule has 19 atom stereocenters. The van der Waals surface area contributed by atoms with E-state index in [0.717, 1.165) is 51.9 Å². The van der Waals surface area contributed by atoms with Crippen molar-refractivity contribution in [2.45, 2.75) is 175 Å². The molecule has 0 radical (unpaired) electrons. The summed E-state index contributed by atoms with van der Waals surface area (Å²) in [6.07, 6.45) is -2.38. The molecule has 5 aliphatic carbocycles. The van der Waals surface area contributed by atoms with E-state index in [4.69, 9.17) is 23.7 Å². The number of aliphatic hydroxyl groups excluding tert-OH is 6. The van der Waals surface area contributed by atoms with Crippen LogP contribution in [0.2, 0.25) is 0 Å². The summed E-state index contributed by atoms with van der Waals surface area (Å²) in [5, 5.41) is 62.9. The van der Waals surface area contributed by atoms with Crippen molar-refractivity contribution in [2.75, 3.05) is 13.2 Å². The Kier molecular flexibility index (Phi) is 11.2. The molecule has 6 fully saturated rings. The van der Waals surface area contributed by atoms with Gasteiger partial charge in [0.15, 0.2) is 18.5 Å². The van der Waals surface area contributed by atoms with E-state index in [1.807, 2.05) is 0 Å². The predicted octanol–water partition coefficient (Wildman–Crippen LogP) is 3.38. The Balaban J connectivity index is 1.16. The van der Waals surface area contributed by atoms with Crippen LogP contribution >= 0.6 is 0 Å². The van der Waals surface area contributed by atoms with Crippen molar-refractivity contribution in [3.63, 3.8) is 0 Å². The first-order valence-corrected chi connectivity index (χ1v) is 21.2. The van der Waals surface area contributed by atoms with Gasteiger partial charge in [0, 0.05) is 6.92 Å². The molecule has 0 aromatic rings. The van der Waals surface area contributed by atoms with Crippen molar-refractivity contribution in [3.8, 4) is 0 Å². The molecule has 0 unspecified atom stereocenters. The molecular weight excluding hydrogens is 724 g/mol. The first-order chi connectivity index (χ1) is 26.2. The highest BCUT2D eigenvalue weighted by Gasteiger charge is 2.70. The number of ether oxygens (including phenoxy) is 5. The first-order valence-electron chi connectivity index (χ1n) is 21.2. The quantitative estimate of drug-likeness (QED) is 0.130. The van der Waals surface area contributed by atoms with Gasteiger partial charge in [-0.25, -0.2) is 0 Å². The molecule has 0 aromatic heterocycles. The number of hydrogen-bond donors (Lipinski definition) is 6. The molecule has 7 aliphatic rings. The van der Waals surface area contributed by atoms with Crippen LogP contribution in [0.25, 0.3) is 0 Å². The SMILES string of the molecule is CC(=O)O[C@@H]1[C@@H](O)[C@H](OC(=O)[C@]23CC[C@@H](C)[C@H](C)[C@H]2C2=CC[C@@H]4[C@@]5(C)CC[C@H](O[C@H]6OC[C@H](O)[C@H](O)[C@H]6O)C(C)(C)[C@@H]5CC[C@@]4(C)[C@]2(C)CC3)O[C@H](CO)[C@H]1O. The molecule has 2 saturated heterocycles. The highest BCUT2D eigenvalue weighted by molar-refractivity contribution is 5.79. The molecular formula is C43H68O13. The summed E-state index contributed by atoms with van der Waals surface area (Å²) in [5.41, 5.74) is -0.0378. The number of fused-ring (bicyclic) bond motifs is 7. The number of carbonyl (C=O) groups excluding carboxylic acids is 2. The van der Waals surface area contributed by atoms with E-state index >= 15 is 0 Å². The van der Waals surface area contributed by atoms with Gasteiger partial charge in [-0.1, -0.05) is 60.1 Å². The standard InChI is InChI=1S/C43H68O13/c1-21-11-16-43(38(51)56-37-34(50)35(53-23(3)45)32(48)26(19-44)54-37)18-17-41(7)24(30(43)22(21)2)9-10-28-40(6)14-13-29(39(4,5)27(40)12-15-42(28,41)8)55-36-33(49)31(47)25(46)20-52-36/h9,21-22,25-37,44,46-50H,10-20H2,1-8H3/t21-,22+,25+,26-,27+,28-,29+,30+,31+,32-,33-,34-,35+,36-,37+,40+,41-,42-,43+/m1/s1. The summed E-state index contributed by atoms with van der Waals surface area (Å²) in [5.74, 6) is -0.0344. The third-order valence-electron chi connectivity index (χ3n) is 17.4. The number of hydrogen-bond acceptors (Lipinski definition) is 13. The van der Waals surface area contributed by atoms with Gasteiger partial charge in [0.1, 0.15) is 30.5 Å². The Bertz CT molecular complexity index is 1530. The zero-order valence-electron chi connectivity index (χ0n) is 34.6. The van der Waals surface area contributed by atoms with Crippen LogP contribution in [0.3, 0.4) is 0 Å². The van der Waals surface area contributed by atoms with Gasteiger partial charge in [0.05, 0.1) is 24.7 Å². The lowest BCUT2D eigenvalue weighted by atomic mass is 9.33. The van der Waals surface area contributed by atoms with E-state index in [1.54, 1.807) is 0 Å². The number of rotatable bonds is 6. The van der Waals surface area contributed by atoms with Gasteiger partial charge in [-0.05, 0) is 109 Å². The average Bonchev–Trinajstić information content (AvgIpc) is 3.14. The van der Waals surface area contributed by atoms with Crippen molar-refractivity contribution in [1.29, 1.82) is 0 Å². The van der Waals surface area contributed by atoms with E-state index in [9.17, 15) is 40.2 Å². The number of esters is 2. The summed E-state index contributed by atoms with van der Waals surface area (Å²) in [7, 11) is 0. The maximum atomic E-state index is 14.8. The summed E-state index contributed by atoms with van der Waals surface area (Å²) in [4.78, 5) is 26.6. The smallest absolute Gasteiger partial charge is 0.315 e. The first kappa shape index (κ1) is 42.4. The highest BCUT2D eigenvalue weighted by atomic mass is 16.7. The largest absolute Gasteiger partial charge is 0.457 e. The third-order valence-corrected chi connectivity index (χ3v) is 17.4. The minimum Gasteiger partial charge on any atom is -0.457 e. The van der Waals surface area contributed by atoms with Gasteiger partial charge < -0.3 is 54.3 Å². The normalized spacial score (nSPS) is 52.6. The van der Waals surface area contributed by atoms with E-state index in [2.05, 4.69) is 54.5 Å².